The lowest BCUT2D eigenvalue weighted by Crippen LogP contribution is -2.28. The summed E-state index contributed by atoms with van der Waals surface area (Å²) in [6.45, 7) is 0.0497. The average Bonchev–Trinajstić information content (AvgIpc) is 2.88. The van der Waals surface area contributed by atoms with Crippen molar-refractivity contribution in [1.82, 2.24) is 15.3 Å². The number of hydrogen-bond acceptors (Lipinski definition) is 3. The van der Waals surface area contributed by atoms with Gasteiger partial charge in [-0.25, -0.2) is 9.37 Å². The number of benzene rings is 1. The van der Waals surface area contributed by atoms with E-state index in [1.807, 2.05) is 0 Å². The van der Waals surface area contributed by atoms with E-state index in [1.165, 1.54) is 12.1 Å². The molecule has 1 heterocycles. The van der Waals surface area contributed by atoms with Crippen molar-refractivity contribution in [3.05, 3.63) is 48.3 Å². The number of aromatic amines is 1. The van der Waals surface area contributed by atoms with Crippen molar-refractivity contribution in [2.75, 3.05) is 6.61 Å². The van der Waals surface area contributed by atoms with Gasteiger partial charge in [0.1, 0.15) is 5.82 Å². The Bertz CT molecular complexity index is 514. The monoisotopic (exact) mass is 249 g/mol. The van der Waals surface area contributed by atoms with Crippen LogP contribution < -0.4 is 10.1 Å². The van der Waals surface area contributed by atoms with Gasteiger partial charge < -0.3 is 15.0 Å². The van der Waals surface area contributed by atoms with Gasteiger partial charge in [-0.3, -0.25) is 4.79 Å². The molecule has 2 rings (SSSR count). The maximum Gasteiger partial charge on any atom is 0.258 e. The molecule has 0 atom stereocenters. The van der Waals surface area contributed by atoms with E-state index in [0.29, 0.717) is 5.82 Å². The van der Waals surface area contributed by atoms with Crippen molar-refractivity contribution in [2.45, 2.75) is 6.54 Å². The van der Waals surface area contributed by atoms with E-state index in [-0.39, 0.29) is 24.8 Å². The summed E-state index contributed by atoms with van der Waals surface area (Å²) in [7, 11) is 0. The number of H-pyrrole nitrogens is 1. The molecule has 2 N–H and O–H groups in total. The number of halogens is 1. The van der Waals surface area contributed by atoms with Crippen LogP contribution in [0.3, 0.4) is 0 Å². The maximum atomic E-state index is 13.2. The topological polar surface area (TPSA) is 67.0 Å². The van der Waals surface area contributed by atoms with Crippen LogP contribution >= 0.6 is 0 Å². The predicted octanol–water partition coefficient (Wildman–Crippen LogP) is 1.24. The van der Waals surface area contributed by atoms with Crippen LogP contribution in [0, 0.1) is 5.82 Å². The Hall–Kier alpha value is -2.37. The molecule has 0 radical (unpaired) electrons. The number of imidazole rings is 1. The van der Waals surface area contributed by atoms with Gasteiger partial charge in [0, 0.05) is 12.4 Å². The van der Waals surface area contributed by atoms with Crippen molar-refractivity contribution in [3.8, 4) is 5.75 Å². The molecule has 94 valence electrons. The molecular weight excluding hydrogens is 237 g/mol. The molecule has 18 heavy (non-hydrogen) atoms. The number of ether oxygens (including phenoxy) is 1. The van der Waals surface area contributed by atoms with Gasteiger partial charge in [0.25, 0.3) is 5.91 Å². The average molecular weight is 249 g/mol. The first-order valence-corrected chi connectivity index (χ1v) is 5.38. The summed E-state index contributed by atoms with van der Waals surface area (Å²) in [4.78, 5) is 18.2. The van der Waals surface area contributed by atoms with E-state index in [1.54, 1.807) is 24.5 Å². The minimum Gasteiger partial charge on any atom is -0.481 e. The Kier molecular flexibility index (Phi) is 3.90. The molecule has 0 aliphatic rings. The summed E-state index contributed by atoms with van der Waals surface area (Å²) in [5.41, 5.74) is 0. The highest BCUT2D eigenvalue weighted by Gasteiger charge is 2.06. The summed E-state index contributed by atoms with van der Waals surface area (Å²) < 4.78 is 18.2. The van der Waals surface area contributed by atoms with Gasteiger partial charge in [-0.15, -0.1) is 0 Å². The van der Waals surface area contributed by atoms with Gasteiger partial charge in [0.15, 0.2) is 18.2 Å². The van der Waals surface area contributed by atoms with Gasteiger partial charge in [-0.1, -0.05) is 12.1 Å². The summed E-state index contributed by atoms with van der Waals surface area (Å²) in [5.74, 6) is -0.120. The minimum atomic E-state index is -0.490. The highest BCUT2D eigenvalue weighted by Crippen LogP contribution is 2.14. The molecule has 1 aromatic heterocycles. The molecule has 0 spiro atoms. The van der Waals surface area contributed by atoms with E-state index < -0.39 is 5.82 Å². The van der Waals surface area contributed by atoms with E-state index in [4.69, 9.17) is 4.74 Å². The molecule has 5 nitrogen and oxygen atoms in total. The van der Waals surface area contributed by atoms with Crippen LogP contribution in [0.15, 0.2) is 36.7 Å². The Morgan fingerprint density at radius 1 is 1.44 bits per heavy atom. The van der Waals surface area contributed by atoms with Crippen LogP contribution in [0.2, 0.25) is 0 Å². The lowest BCUT2D eigenvalue weighted by Gasteiger charge is -2.07. The molecule has 2 aromatic rings. The Morgan fingerprint density at radius 2 is 2.28 bits per heavy atom. The van der Waals surface area contributed by atoms with Crippen LogP contribution in [0.5, 0.6) is 5.75 Å². The van der Waals surface area contributed by atoms with Crippen molar-refractivity contribution in [3.63, 3.8) is 0 Å². The third-order valence-electron chi connectivity index (χ3n) is 2.20. The lowest BCUT2D eigenvalue weighted by molar-refractivity contribution is -0.123. The smallest absolute Gasteiger partial charge is 0.258 e. The molecule has 0 saturated carbocycles. The lowest BCUT2D eigenvalue weighted by atomic mass is 10.3. The number of nitrogens with one attached hydrogen (secondary N) is 2. The highest BCUT2D eigenvalue weighted by atomic mass is 19.1. The van der Waals surface area contributed by atoms with Crippen LogP contribution in [0.25, 0.3) is 0 Å². The molecule has 0 aliphatic heterocycles. The fourth-order valence-electron chi connectivity index (χ4n) is 1.33. The molecule has 0 saturated heterocycles. The van der Waals surface area contributed by atoms with Crippen LogP contribution in [0.1, 0.15) is 5.82 Å². The number of nitrogens with zero attached hydrogens (tertiary/aromatic N) is 1. The van der Waals surface area contributed by atoms with E-state index >= 15 is 0 Å². The summed E-state index contributed by atoms with van der Waals surface area (Å²) >= 11 is 0. The molecular formula is C12H12FN3O2. The third-order valence-corrected chi connectivity index (χ3v) is 2.20. The largest absolute Gasteiger partial charge is 0.481 e. The third kappa shape index (κ3) is 3.31. The van der Waals surface area contributed by atoms with Crippen molar-refractivity contribution in [1.29, 1.82) is 0 Å². The number of carbonyl (C=O) groups is 1. The Balaban J connectivity index is 1.77. The fraction of sp³-hybridized carbons (Fsp3) is 0.167. The summed E-state index contributed by atoms with van der Waals surface area (Å²) in [6, 6.07) is 5.93. The van der Waals surface area contributed by atoms with Crippen molar-refractivity contribution in [2.24, 2.45) is 0 Å². The van der Waals surface area contributed by atoms with Crippen LogP contribution in [-0.2, 0) is 11.3 Å². The second kappa shape index (κ2) is 5.81. The van der Waals surface area contributed by atoms with Crippen LogP contribution in [0.4, 0.5) is 4.39 Å². The molecule has 0 bridgehead atoms. The van der Waals surface area contributed by atoms with E-state index in [2.05, 4.69) is 15.3 Å². The fourth-order valence-corrected chi connectivity index (χ4v) is 1.33. The van der Waals surface area contributed by atoms with Gasteiger partial charge in [-0.05, 0) is 12.1 Å². The predicted molar refractivity (Wildman–Crippen MR) is 62.3 cm³/mol. The molecule has 1 aromatic carbocycles. The standard InChI is InChI=1S/C12H12FN3O2/c13-9-3-1-2-4-10(9)18-8-12(17)16-7-11-14-5-6-15-11/h1-6H,7-8H2,(H,14,15)(H,16,17). The summed E-state index contributed by atoms with van der Waals surface area (Å²) in [5, 5.41) is 2.59. The van der Waals surface area contributed by atoms with Crippen molar-refractivity contribution < 1.29 is 13.9 Å². The first-order valence-electron chi connectivity index (χ1n) is 5.38. The normalized spacial score (nSPS) is 10.1. The number of hydrogen-bond donors (Lipinski definition) is 2. The van der Waals surface area contributed by atoms with Gasteiger partial charge >= 0.3 is 0 Å². The molecule has 0 aliphatic carbocycles. The number of amides is 1. The molecule has 1 amide bonds. The first kappa shape index (κ1) is 12.1. The molecule has 0 unspecified atom stereocenters. The Labute approximate surface area is 103 Å². The SMILES string of the molecule is O=C(COc1ccccc1F)NCc1ncc[nH]1. The second-order valence-corrected chi connectivity index (χ2v) is 3.53. The minimum absolute atomic E-state index is 0.0608. The van der Waals surface area contributed by atoms with E-state index in [9.17, 15) is 9.18 Å². The maximum absolute atomic E-state index is 13.2. The highest BCUT2D eigenvalue weighted by molar-refractivity contribution is 5.77. The molecule has 6 heteroatoms. The summed E-state index contributed by atoms with van der Waals surface area (Å²) in [6.07, 6.45) is 3.26. The molecule has 0 fully saturated rings. The first-order chi connectivity index (χ1) is 8.75. The quantitative estimate of drug-likeness (QED) is 0.837. The number of para-hydroxylation sites is 1. The van der Waals surface area contributed by atoms with Crippen molar-refractivity contribution >= 4 is 5.91 Å². The Morgan fingerprint density at radius 3 is 3.00 bits per heavy atom. The van der Waals surface area contributed by atoms with Gasteiger partial charge in [-0.2, -0.15) is 0 Å². The zero-order chi connectivity index (χ0) is 12.8. The number of rotatable bonds is 5. The zero-order valence-electron chi connectivity index (χ0n) is 9.52. The van der Waals surface area contributed by atoms with Gasteiger partial charge in [0.2, 0.25) is 0 Å². The van der Waals surface area contributed by atoms with Crippen LogP contribution in [-0.4, -0.2) is 22.5 Å². The number of carbonyl (C=O) groups excluding carboxylic acids is 1. The van der Waals surface area contributed by atoms with E-state index in [0.717, 1.165) is 0 Å². The zero-order valence-corrected chi connectivity index (χ0v) is 9.52. The second-order valence-electron chi connectivity index (χ2n) is 3.53. The number of aromatic nitrogens is 2. The van der Waals surface area contributed by atoms with Gasteiger partial charge in [0.05, 0.1) is 6.54 Å².